The van der Waals surface area contributed by atoms with Gasteiger partial charge in [0.1, 0.15) is 12.2 Å². The number of hydrogen-bond donors (Lipinski definition) is 1. The average Bonchev–Trinajstić information content (AvgIpc) is 2.93. The SMILES string of the molecule is CNC(CCc1ccccn1)Cc1ncnn1C(C)C. The molecule has 2 rings (SSSR count). The van der Waals surface area contributed by atoms with Crippen molar-refractivity contribution < 1.29 is 0 Å². The Bertz CT molecular complexity index is 506. The van der Waals surface area contributed by atoms with Crippen LogP contribution in [0, 0.1) is 0 Å². The van der Waals surface area contributed by atoms with Crippen LogP contribution in [0.3, 0.4) is 0 Å². The fraction of sp³-hybridized carbons (Fsp3) is 0.533. The van der Waals surface area contributed by atoms with Gasteiger partial charge in [-0.25, -0.2) is 9.67 Å². The lowest BCUT2D eigenvalue weighted by Gasteiger charge is -2.17. The van der Waals surface area contributed by atoms with Crippen molar-refractivity contribution in [2.75, 3.05) is 7.05 Å². The van der Waals surface area contributed by atoms with E-state index in [4.69, 9.17) is 0 Å². The molecule has 0 radical (unpaired) electrons. The molecule has 0 bridgehead atoms. The zero-order valence-corrected chi connectivity index (χ0v) is 12.5. The first-order valence-electron chi connectivity index (χ1n) is 7.16. The molecule has 0 saturated heterocycles. The molecule has 0 aliphatic carbocycles. The van der Waals surface area contributed by atoms with Crippen molar-refractivity contribution >= 4 is 0 Å². The zero-order chi connectivity index (χ0) is 14.4. The van der Waals surface area contributed by atoms with E-state index >= 15 is 0 Å². The van der Waals surface area contributed by atoms with Crippen LogP contribution in [-0.4, -0.2) is 32.8 Å². The summed E-state index contributed by atoms with van der Waals surface area (Å²) in [6.07, 6.45) is 6.39. The van der Waals surface area contributed by atoms with Gasteiger partial charge in [-0.1, -0.05) is 6.07 Å². The second-order valence-corrected chi connectivity index (χ2v) is 5.26. The minimum atomic E-state index is 0.348. The second-order valence-electron chi connectivity index (χ2n) is 5.26. The van der Waals surface area contributed by atoms with E-state index in [0.29, 0.717) is 12.1 Å². The molecule has 1 atom stereocenters. The Morgan fingerprint density at radius 3 is 2.75 bits per heavy atom. The number of aromatic nitrogens is 4. The largest absolute Gasteiger partial charge is 0.317 e. The third-order valence-corrected chi connectivity index (χ3v) is 3.45. The number of nitrogens with one attached hydrogen (secondary N) is 1. The summed E-state index contributed by atoms with van der Waals surface area (Å²) >= 11 is 0. The summed E-state index contributed by atoms with van der Waals surface area (Å²) in [7, 11) is 2.00. The maximum Gasteiger partial charge on any atom is 0.138 e. The third kappa shape index (κ3) is 3.87. The first-order valence-corrected chi connectivity index (χ1v) is 7.16. The normalized spacial score (nSPS) is 12.8. The van der Waals surface area contributed by atoms with Gasteiger partial charge >= 0.3 is 0 Å². The summed E-state index contributed by atoms with van der Waals surface area (Å²) in [5, 5.41) is 7.65. The molecular formula is C15H23N5. The van der Waals surface area contributed by atoms with Crippen LogP contribution >= 0.6 is 0 Å². The van der Waals surface area contributed by atoms with E-state index in [1.54, 1.807) is 6.33 Å². The van der Waals surface area contributed by atoms with E-state index in [2.05, 4.69) is 40.3 Å². The Labute approximate surface area is 120 Å². The smallest absolute Gasteiger partial charge is 0.138 e. The molecule has 0 aromatic carbocycles. The van der Waals surface area contributed by atoms with E-state index in [1.807, 2.05) is 30.1 Å². The predicted molar refractivity (Wildman–Crippen MR) is 79.5 cm³/mol. The highest BCUT2D eigenvalue weighted by Gasteiger charge is 2.14. The van der Waals surface area contributed by atoms with Gasteiger partial charge in [-0.2, -0.15) is 5.10 Å². The Hall–Kier alpha value is -1.75. The summed E-state index contributed by atoms with van der Waals surface area (Å²) in [5.41, 5.74) is 1.14. The second kappa shape index (κ2) is 7.14. The third-order valence-electron chi connectivity index (χ3n) is 3.45. The van der Waals surface area contributed by atoms with Crippen LogP contribution in [0.4, 0.5) is 0 Å². The molecule has 108 valence electrons. The summed E-state index contributed by atoms with van der Waals surface area (Å²) in [6.45, 7) is 4.25. The Morgan fingerprint density at radius 1 is 1.25 bits per heavy atom. The maximum atomic E-state index is 4.38. The van der Waals surface area contributed by atoms with Gasteiger partial charge in [0, 0.05) is 30.4 Å². The lowest BCUT2D eigenvalue weighted by molar-refractivity contribution is 0.457. The van der Waals surface area contributed by atoms with E-state index in [9.17, 15) is 0 Å². The number of likely N-dealkylation sites (N-methyl/N-ethyl adjacent to an activating group) is 1. The van der Waals surface area contributed by atoms with E-state index in [0.717, 1.165) is 30.8 Å². The highest BCUT2D eigenvalue weighted by Crippen LogP contribution is 2.10. The molecule has 0 aliphatic rings. The molecule has 0 saturated carbocycles. The molecule has 5 nitrogen and oxygen atoms in total. The molecule has 2 aromatic heterocycles. The predicted octanol–water partition coefficient (Wildman–Crippen LogP) is 2.02. The molecule has 20 heavy (non-hydrogen) atoms. The highest BCUT2D eigenvalue weighted by atomic mass is 15.3. The molecule has 0 fully saturated rings. The topological polar surface area (TPSA) is 55.6 Å². The van der Waals surface area contributed by atoms with Crippen LogP contribution < -0.4 is 5.32 Å². The van der Waals surface area contributed by atoms with Crippen LogP contribution in [0.1, 0.15) is 37.8 Å². The molecule has 2 aromatic rings. The standard InChI is InChI=1S/C15H23N5/c1-12(2)20-15(18-11-19-20)10-14(16-3)8-7-13-6-4-5-9-17-13/h4-6,9,11-12,14,16H,7-8,10H2,1-3H3. The molecule has 0 amide bonds. The molecule has 2 heterocycles. The Balaban J connectivity index is 1.93. The summed E-state index contributed by atoms with van der Waals surface area (Å²) in [4.78, 5) is 8.74. The molecule has 5 heteroatoms. The minimum Gasteiger partial charge on any atom is -0.317 e. The van der Waals surface area contributed by atoms with Gasteiger partial charge in [0.2, 0.25) is 0 Å². The van der Waals surface area contributed by atoms with Gasteiger partial charge < -0.3 is 5.32 Å². The fourth-order valence-corrected chi connectivity index (χ4v) is 2.29. The van der Waals surface area contributed by atoms with Gasteiger partial charge in [-0.05, 0) is 45.9 Å². The maximum absolute atomic E-state index is 4.38. The zero-order valence-electron chi connectivity index (χ0n) is 12.5. The summed E-state index contributed by atoms with van der Waals surface area (Å²) in [5.74, 6) is 1.04. The lowest BCUT2D eigenvalue weighted by Crippen LogP contribution is -2.30. The van der Waals surface area contributed by atoms with Crippen LogP contribution in [0.5, 0.6) is 0 Å². The van der Waals surface area contributed by atoms with Gasteiger partial charge in [0.05, 0.1) is 0 Å². The fourth-order valence-electron chi connectivity index (χ4n) is 2.29. The molecule has 0 aliphatic heterocycles. The first-order chi connectivity index (χ1) is 9.70. The van der Waals surface area contributed by atoms with Crippen molar-refractivity contribution in [3.8, 4) is 0 Å². The van der Waals surface area contributed by atoms with Crippen LogP contribution in [0.2, 0.25) is 0 Å². The monoisotopic (exact) mass is 273 g/mol. The van der Waals surface area contributed by atoms with Crippen molar-refractivity contribution in [2.45, 2.75) is 45.2 Å². The van der Waals surface area contributed by atoms with E-state index < -0.39 is 0 Å². The Morgan fingerprint density at radius 2 is 2.10 bits per heavy atom. The number of aryl methyl sites for hydroxylation is 1. The lowest BCUT2D eigenvalue weighted by atomic mass is 10.1. The molecule has 0 spiro atoms. The average molecular weight is 273 g/mol. The van der Waals surface area contributed by atoms with Crippen molar-refractivity contribution in [1.29, 1.82) is 0 Å². The summed E-state index contributed by atoms with van der Waals surface area (Å²) < 4.78 is 1.99. The van der Waals surface area contributed by atoms with Crippen molar-refractivity contribution in [3.63, 3.8) is 0 Å². The van der Waals surface area contributed by atoms with Gasteiger partial charge in [0.15, 0.2) is 0 Å². The number of pyridine rings is 1. The highest BCUT2D eigenvalue weighted by molar-refractivity contribution is 5.04. The van der Waals surface area contributed by atoms with Gasteiger partial charge in [0.25, 0.3) is 0 Å². The van der Waals surface area contributed by atoms with E-state index in [1.165, 1.54) is 0 Å². The Kier molecular flexibility index (Phi) is 5.24. The van der Waals surface area contributed by atoms with Crippen molar-refractivity contribution in [1.82, 2.24) is 25.1 Å². The first kappa shape index (κ1) is 14.7. The van der Waals surface area contributed by atoms with Crippen LogP contribution in [0.25, 0.3) is 0 Å². The molecule has 1 N–H and O–H groups in total. The minimum absolute atomic E-state index is 0.348. The van der Waals surface area contributed by atoms with E-state index in [-0.39, 0.29) is 0 Å². The van der Waals surface area contributed by atoms with Crippen LogP contribution in [-0.2, 0) is 12.8 Å². The number of rotatable bonds is 7. The number of nitrogens with zero attached hydrogens (tertiary/aromatic N) is 4. The van der Waals surface area contributed by atoms with Crippen LogP contribution in [0.15, 0.2) is 30.7 Å². The number of hydrogen-bond acceptors (Lipinski definition) is 4. The van der Waals surface area contributed by atoms with Gasteiger partial charge in [-0.15, -0.1) is 0 Å². The molecule has 1 unspecified atom stereocenters. The quantitative estimate of drug-likeness (QED) is 0.838. The van der Waals surface area contributed by atoms with Crippen molar-refractivity contribution in [3.05, 3.63) is 42.2 Å². The summed E-state index contributed by atoms with van der Waals surface area (Å²) in [6, 6.07) is 6.79. The van der Waals surface area contributed by atoms with Crippen molar-refractivity contribution in [2.24, 2.45) is 0 Å². The van der Waals surface area contributed by atoms with Gasteiger partial charge in [-0.3, -0.25) is 4.98 Å². The molecular weight excluding hydrogens is 250 g/mol.